The molecule has 0 saturated carbocycles. The molecule has 110 valence electrons. The highest BCUT2D eigenvalue weighted by atomic mass is 32.2. The second-order valence-corrected chi connectivity index (χ2v) is 6.36. The van der Waals surface area contributed by atoms with E-state index >= 15 is 0 Å². The zero-order valence-corrected chi connectivity index (χ0v) is 12.8. The van der Waals surface area contributed by atoms with E-state index in [2.05, 4.69) is 20.3 Å². The molecule has 2 heterocycles. The predicted molar refractivity (Wildman–Crippen MR) is 76.9 cm³/mol. The number of fused-ring (bicyclic) bond motifs is 1. The van der Waals surface area contributed by atoms with Crippen molar-refractivity contribution in [1.29, 1.82) is 0 Å². The second kappa shape index (κ2) is 4.87. The summed E-state index contributed by atoms with van der Waals surface area (Å²) in [6.45, 7) is 0. The quantitative estimate of drug-likeness (QED) is 0.771. The molecular formula is C10H17N7O2S. The molecule has 2 aromatic heterocycles. The van der Waals surface area contributed by atoms with E-state index in [9.17, 15) is 8.42 Å². The topological polar surface area (TPSA) is 96.3 Å². The number of aromatic nitrogens is 4. The van der Waals surface area contributed by atoms with Gasteiger partial charge in [-0.3, -0.25) is 5.01 Å². The standard InChI is InChI=1S/C10H17N7O2S/c1-11-10-13-8-7(12-6-15(8)2)9(14-10)16(3)17(4)20(5,18)19/h6H,1-5H3,(H,11,13,14). The Labute approximate surface area is 117 Å². The molecule has 0 fully saturated rings. The first-order valence-electron chi connectivity index (χ1n) is 5.80. The van der Waals surface area contributed by atoms with E-state index in [1.165, 1.54) is 12.1 Å². The van der Waals surface area contributed by atoms with Gasteiger partial charge in [0.2, 0.25) is 16.0 Å². The summed E-state index contributed by atoms with van der Waals surface area (Å²) in [7, 11) is 3.18. The molecule has 0 aromatic carbocycles. The lowest BCUT2D eigenvalue weighted by Gasteiger charge is -2.27. The Morgan fingerprint density at radius 3 is 2.50 bits per heavy atom. The lowest BCUT2D eigenvalue weighted by atomic mass is 10.5. The minimum atomic E-state index is -3.39. The Morgan fingerprint density at radius 2 is 1.95 bits per heavy atom. The van der Waals surface area contributed by atoms with Crippen molar-refractivity contribution >= 4 is 33.0 Å². The van der Waals surface area contributed by atoms with E-state index in [1.807, 2.05) is 7.05 Å². The fourth-order valence-electron chi connectivity index (χ4n) is 1.69. The molecule has 9 nitrogen and oxygen atoms in total. The van der Waals surface area contributed by atoms with Crippen LogP contribution in [0.3, 0.4) is 0 Å². The summed E-state index contributed by atoms with van der Waals surface area (Å²) < 4.78 is 26.1. The molecule has 2 rings (SSSR count). The monoisotopic (exact) mass is 299 g/mol. The van der Waals surface area contributed by atoms with E-state index in [-0.39, 0.29) is 0 Å². The van der Waals surface area contributed by atoms with Gasteiger partial charge in [-0.25, -0.2) is 13.4 Å². The molecule has 20 heavy (non-hydrogen) atoms. The first-order valence-corrected chi connectivity index (χ1v) is 7.65. The molecule has 10 heteroatoms. The molecule has 0 aliphatic heterocycles. The largest absolute Gasteiger partial charge is 0.357 e. The SMILES string of the molecule is CNc1nc(N(C)N(C)S(C)(=O)=O)c2ncn(C)c2n1. The minimum Gasteiger partial charge on any atom is -0.357 e. The third kappa shape index (κ3) is 2.39. The third-order valence-electron chi connectivity index (χ3n) is 2.97. The third-order valence-corrected chi connectivity index (χ3v) is 4.18. The maximum atomic E-state index is 11.6. The number of anilines is 2. The van der Waals surface area contributed by atoms with E-state index < -0.39 is 10.0 Å². The van der Waals surface area contributed by atoms with Crippen molar-refractivity contribution in [2.45, 2.75) is 0 Å². The highest BCUT2D eigenvalue weighted by Crippen LogP contribution is 2.24. The Bertz CT molecular complexity index is 739. The fraction of sp³-hybridized carbons (Fsp3) is 0.500. The summed E-state index contributed by atoms with van der Waals surface area (Å²) >= 11 is 0. The van der Waals surface area contributed by atoms with Crippen LogP contribution in [0.15, 0.2) is 6.33 Å². The summed E-state index contributed by atoms with van der Waals surface area (Å²) in [5.74, 6) is 0.803. The average Bonchev–Trinajstić information content (AvgIpc) is 2.76. The van der Waals surface area contributed by atoms with Crippen LogP contribution < -0.4 is 10.3 Å². The van der Waals surface area contributed by atoms with Gasteiger partial charge in [0, 0.05) is 28.2 Å². The van der Waals surface area contributed by atoms with Gasteiger partial charge in [-0.05, 0) is 0 Å². The molecule has 0 spiro atoms. The predicted octanol–water partition coefficient (Wildman–Crippen LogP) is -0.352. The van der Waals surface area contributed by atoms with Crippen molar-refractivity contribution in [2.24, 2.45) is 7.05 Å². The number of hydrogen-bond donors (Lipinski definition) is 1. The van der Waals surface area contributed by atoms with Crippen LogP contribution in [0.25, 0.3) is 11.2 Å². The van der Waals surface area contributed by atoms with Crippen LogP contribution in [0, 0.1) is 0 Å². The normalized spacial score (nSPS) is 12.1. The average molecular weight is 299 g/mol. The van der Waals surface area contributed by atoms with Gasteiger partial charge in [-0.1, -0.05) is 0 Å². The summed E-state index contributed by atoms with van der Waals surface area (Å²) in [5.41, 5.74) is 1.15. The molecular weight excluding hydrogens is 282 g/mol. The number of rotatable bonds is 4. The number of hydrogen-bond acceptors (Lipinski definition) is 7. The number of aryl methyl sites for hydroxylation is 1. The van der Waals surface area contributed by atoms with Gasteiger partial charge in [-0.15, -0.1) is 4.41 Å². The van der Waals surface area contributed by atoms with Gasteiger partial charge < -0.3 is 9.88 Å². The van der Waals surface area contributed by atoms with Gasteiger partial charge in [0.05, 0.1) is 12.6 Å². The minimum absolute atomic E-state index is 0.393. The highest BCUT2D eigenvalue weighted by Gasteiger charge is 2.22. The van der Waals surface area contributed by atoms with Crippen molar-refractivity contribution in [3.8, 4) is 0 Å². The Morgan fingerprint density at radius 1 is 1.30 bits per heavy atom. The summed E-state index contributed by atoms with van der Waals surface area (Å²) in [6, 6.07) is 0. The lowest BCUT2D eigenvalue weighted by molar-refractivity contribution is 0.465. The van der Waals surface area contributed by atoms with Crippen molar-refractivity contribution in [1.82, 2.24) is 23.9 Å². The van der Waals surface area contributed by atoms with Gasteiger partial charge in [0.25, 0.3) is 0 Å². The van der Waals surface area contributed by atoms with Crippen LogP contribution in [0.2, 0.25) is 0 Å². The second-order valence-electron chi connectivity index (χ2n) is 4.37. The molecule has 2 aromatic rings. The molecule has 0 aliphatic carbocycles. The molecule has 0 amide bonds. The van der Waals surface area contributed by atoms with Crippen LogP contribution in [0.4, 0.5) is 11.8 Å². The zero-order valence-electron chi connectivity index (χ0n) is 12.0. The van der Waals surface area contributed by atoms with E-state index in [4.69, 9.17) is 0 Å². The smallest absolute Gasteiger partial charge is 0.227 e. The Kier molecular flexibility index (Phi) is 3.52. The fourth-order valence-corrected chi connectivity index (χ4v) is 2.21. The van der Waals surface area contributed by atoms with Crippen molar-refractivity contribution in [3.05, 3.63) is 6.33 Å². The Balaban J connectivity index is 2.64. The first-order chi connectivity index (χ1) is 9.25. The van der Waals surface area contributed by atoms with Crippen molar-refractivity contribution < 1.29 is 8.42 Å². The number of hydrazine groups is 1. The number of imidazole rings is 1. The molecule has 0 unspecified atom stereocenters. The maximum Gasteiger partial charge on any atom is 0.227 e. The zero-order chi connectivity index (χ0) is 15.1. The highest BCUT2D eigenvalue weighted by molar-refractivity contribution is 7.88. The van der Waals surface area contributed by atoms with E-state index in [0.717, 1.165) is 10.7 Å². The molecule has 1 N–H and O–H groups in total. The molecule has 0 saturated heterocycles. The van der Waals surface area contributed by atoms with Gasteiger partial charge in [0.1, 0.15) is 0 Å². The summed E-state index contributed by atoms with van der Waals surface area (Å²) in [6.07, 6.45) is 2.73. The van der Waals surface area contributed by atoms with Crippen molar-refractivity contribution in [2.75, 3.05) is 37.7 Å². The number of nitrogens with one attached hydrogen (secondary N) is 1. The van der Waals surface area contributed by atoms with Gasteiger partial charge >= 0.3 is 0 Å². The maximum absolute atomic E-state index is 11.6. The van der Waals surface area contributed by atoms with Crippen LogP contribution in [0.5, 0.6) is 0 Å². The summed E-state index contributed by atoms with van der Waals surface area (Å²) in [4.78, 5) is 12.8. The van der Waals surface area contributed by atoms with Crippen LogP contribution in [0.1, 0.15) is 0 Å². The number of nitrogens with zero attached hydrogens (tertiary/aromatic N) is 6. The summed E-state index contributed by atoms with van der Waals surface area (Å²) in [5, 5.41) is 4.27. The first kappa shape index (κ1) is 14.5. The Hall–Kier alpha value is -1.94. The van der Waals surface area contributed by atoms with Gasteiger partial charge in [0.15, 0.2) is 17.0 Å². The van der Waals surface area contributed by atoms with Crippen molar-refractivity contribution in [3.63, 3.8) is 0 Å². The molecule has 0 atom stereocenters. The molecule has 0 bridgehead atoms. The van der Waals surface area contributed by atoms with E-state index in [1.54, 1.807) is 25.0 Å². The molecule has 0 radical (unpaired) electrons. The van der Waals surface area contributed by atoms with Gasteiger partial charge in [-0.2, -0.15) is 9.97 Å². The van der Waals surface area contributed by atoms with Crippen LogP contribution in [-0.4, -0.2) is 59.7 Å². The number of sulfonamides is 1. The lowest BCUT2D eigenvalue weighted by Crippen LogP contribution is -2.41. The van der Waals surface area contributed by atoms with E-state index in [0.29, 0.717) is 22.9 Å². The van der Waals surface area contributed by atoms with Crippen LogP contribution >= 0.6 is 0 Å². The molecule has 0 aliphatic rings. The van der Waals surface area contributed by atoms with Crippen LogP contribution in [-0.2, 0) is 17.1 Å².